The molecule has 7 nitrogen and oxygen atoms in total. The van der Waals surface area contributed by atoms with Crippen molar-refractivity contribution in [3.05, 3.63) is 53.1 Å². The third-order valence-corrected chi connectivity index (χ3v) is 5.63. The summed E-state index contributed by atoms with van der Waals surface area (Å²) in [6.07, 6.45) is 1.41. The lowest BCUT2D eigenvalue weighted by molar-refractivity contribution is -0.124. The first kappa shape index (κ1) is 22.5. The van der Waals surface area contributed by atoms with Gasteiger partial charge in [-0.1, -0.05) is 6.07 Å². The number of hydrogen-bond acceptors (Lipinski definition) is 5. The number of piperidine rings is 1. The summed E-state index contributed by atoms with van der Waals surface area (Å²) in [4.78, 5) is 26.9. The Labute approximate surface area is 183 Å². The Morgan fingerprint density at radius 3 is 2.32 bits per heavy atom. The first-order chi connectivity index (χ1) is 14.9. The molecule has 1 fully saturated rings. The number of likely N-dealkylation sites (tertiary alicyclic amines) is 1. The Kier molecular flexibility index (Phi) is 7.39. The molecule has 0 atom stereocenters. The molecule has 0 aromatic heterocycles. The van der Waals surface area contributed by atoms with E-state index in [0.29, 0.717) is 48.7 Å². The fourth-order valence-electron chi connectivity index (χ4n) is 3.60. The van der Waals surface area contributed by atoms with Crippen LogP contribution in [0.25, 0.3) is 0 Å². The van der Waals surface area contributed by atoms with Crippen LogP contribution in [0.4, 0.5) is 0 Å². The van der Waals surface area contributed by atoms with Crippen molar-refractivity contribution in [2.45, 2.75) is 32.7 Å². The highest BCUT2D eigenvalue weighted by Gasteiger charge is 2.25. The van der Waals surface area contributed by atoms with Crippen LogP contribution < -0.4 is 19.5 Å². The first-order valence-corrected chi connectivity index (χ1v) is 10.4. The minimum atomic E-state index is -0.150. The molecule has 1 aliphatic rings. The van der Waals surface area contributed by atoms with Gasteiger partial charge in [0.2, 0.25) is 0 Å². The largest absolute Gasteiger partial charge is 0.493 e. The number of nitrogens with zero attached hydrogens (tertiary/aromatic N) is 1. The van der Waals surface area contributed by atoms with Gasteiger partial charge in [-0.05, 0) is 68.1 Å². The summed E-state index contributed by atoms with van der Waals surface area (Å²) in [5, 5.41) is 3.01. The second-order valence-electron chi connectivity index (χ2n) is 7.74. The highest BCUT2D eigenvalue weighted by atomic mass is 16.5. The maximum absolute atomic E-state index is 12.8. The van der Waals surface area contributed by atoms with E-state index in [0.717, 1.165) is 5.56 Å². The summed E-state index contributed by atoms with van der Waals surface area (Å²) >= 11 is 0. The van der Waals surface area contributed by atoms with Crippen molar-refractivity contribution in [2.24, 2.45) is 0 Å². The van der Waals surface area contributed by atoms with Crippen LogP contribution in [0.1, 0.15) is 34.3 Å². The van der Waals surface area contributed by atoms with Crippen LogP contribution in [0, 0.1) is 13.8 Å². The quantitative estimate of drug-likeness (QED) is 0.736. The van der Waals surface area contributed by atoms with Crippen LogP contribution in [-0.4, -0.2) is 56.7 Å². The predicted octanol–water partition coefficient (Wildman–Crippen LogP) is 3.12. The van der Waals surface area contributed by atoms with E-state index in [2.05, 4.69) is 5.32 Å². The molecule has 0 spiro atoms. The molecule has 0 unspecified atom stereocenters. The standard InChI is InChI=1S/C24H30N2O5/c1-16-5-7-20(13-17(16)2)31-15-23(27)25-19-9-11-26(12-10-19)24(28)18-6-8-21(29-3)22(14-18)30-4/h5-8,13-14,19H,9-12,15H2,1-4H3,(H,25,27). The number of aryl methyl sites for hydroxylation is 2. The zero-order valence-electron chi connectivity index (χ0n) is 18.6. The number of amides is 2. The molecule has 31 heavy (non-hydrogen) atoms. The van der Waals surface area contributed by atoms with E-state index in [4.69, 9.17) is 14.2 Å². The molecule has 0 aliphatic carbocycles. The molecule has 2 aromatic carbocycles. The summed E-state index contributed by atoms with van der Waals surface area (Å²) in [5.74, 6) is 1.60. The van der Waals surface area contributed by atoms with E-state index in [1.165, 1.54) is 5.56 Å². The monoisotopic (exact) mass is 426 g/mol. The Morgan fingerprint density at radius 1 is 0.968 bits per heavy atom. The molecule has 0 bridgehead atoms. The molecule has 2 amide bonds. The van der Waals surface area contributed by atoms with Gasteiger partial charge in [0.1, 0.15) is 5.75 Å². The summed E-state index contributed by atoms with van der Waals surface area (Å²) < 4.78 is 16.1. The van der Waals surface area contributed by atoms with Gasteiger partial charge in [-0.25, -0.2) is 0 Å². The molecule has 1 aliphatic heterocycles. The summed E-state index contributed by atoms with van der Waals surface area (Å²) in [7, 11) is 3.11. The second-order valence-corrected chi connectivity index (χ2v) is 7.74. The molecule has 1 N–H and O–H groups in total. The molecule has 2 aromatic rings. The Bertz CT molecular complexity index is 936. The van der Waals surface area contributed by atoms with Gasteiger partial charge in [-0.15, -0.1) is 0 Å². The summed E-state index contributed by atoms with van der Waals surface area (Å²) in [6, 6.07) is 11.0. The van der Waals surface area contributed by atoms with Crippen molar-refractivity contribution in [3.63, 3.8) is 0 Å². The predicted molar refractivity (Wildman–Crippen MR) is 118 cm³/mol. The Morgan fingerprint density at radius 2 is 1.68 bits per heavy atom. The fraction of sp³-hybridized carbons (Fsp3) is 0.417. The normalized spacial score (nSPS) is 14.1. The molecule has 7 heteroatoms. The Balaban J connectivity index is 1.47. The average Bonchev–Trinajstić information content (AvgIpc) is 2.79. The van der Waals surface area contributed by atoms with Gasteiger partial charge < -0.3 is 24.4 Å². The minimum Gasteiger partial charge on any atom is -0.493 e. The van der Waals surface area contributed by atoms with Gasteiger partial charge in [-0.3, -0.25) is 9.59 Å². The average molecular weight is 427 g/mol. The molecule has 0 radical (unpaired) electrons. The van der Waals surface area contributed by atoms with Gasteiger partial charge in [-0.2, -0.15) is 0 Å². The summed E-state index contributed by atoms with van der Waals surface area (Å²) in [5.41, 5.74) is 2.87. The van der Waals surface area contributed by atoms with Crippen LogP contribution in [-0.2, 0) is 4.79 Å². The van der Waals surface area contributed by atoms with Crippen LogP contribution in [0.5, 0.6) is 17.2 Å². The molecule has 3 rings (SSSR count). The van der Waals surface area contributed by atoms with Crippen molar-refractivity contribution in [1.29, 1.82) is 0 Å². The van der Waals surface area contributed by atoms with Crippen molar-refractivity contribution in [3.8, 4) is 17.2 Å². The van der Waals surface area contributed by atoms with E-state index >= 15 is 0 Å². The lowest BCUT2D eigenvalue weighted by atomic mass is 10.0. The van der Waals surface area contributed by atoms with E-state index in [1.807, 2.05) is 32.0 Å². The van der Waals surface area contributed by atoms with E-state index in [-0.39, 0.29) is 24.5 Å². The van der Waals surface area contributed by atoms with Gasteiger partial charge in [0, 0.05) is 24.7 Å². The third kappa shape index (κ3) is 5.69. The van der Waals surface area contributed by atoms with Crippen molar-refractivity contribution < 1.29 is 23.8 Å². The van der Waals surface area contributed by atoms with Crippen molar-refractivity contribution in [1.82, 2.24) is 10.2 Å². The number of hydrogen-bond donors (Lipinski definition) is 1. The van der Waals surface area contributed by atoms with Crippen molar-refractivity contribution >= 4 is 11.8 Å². The second kappa shape index (κ2) is 10.2. The molecular formula is C24H30N2O5. The SMILES string of the molecule is COc1ccc(C(=O)N2CCC(NC(=O)COc3ccc(C)c(C)c3)CC2)cc1OC. The highest BCUT2D eigenvalue weighted by molar-refractivity contribution is 5.95. The van der Waals surface area contributed by atoms with E-state index < -0.39 is 0 Å². The van der Waals surface area contributed by atoms with Crippen molar-refractivity contribution in [2.75, 3.05) is 33.9 Å². The number of rotatable bonds is 7. The molecular weight excluding hydrogens is 396 g/mol. The maximum Gasteiger partial charge on any atom is 0.258 e. The zero-order valence-corrected chi connectivity index (χ0v) is 18.6. The summed E-state index contributed by atoms with van der Waals surface area (Å²) in [6.45, 7) is 5.19. The number of ether oxygens (including phenoxy) is 3. The molecule has 1 heterocycles. The lowest BCUT2D eigenvalue weighted by Crippen LogP contribution is -2.47. The first-order valence-electron chi connectivity index (χ1n) is 10.4. The van der Waals surface area contributed by atoms with Gasteiger partial charge >= 0.3 is 0 Å². The van der Waals surface area contributed by atoms with Gasteiger partial charge in [0.25, 0.3) is 11.8 Å². The van der Waals surface area contributed by atoms with Crippen LogP contribution in [0.15, 0.2) is 36.4 Å². The molecule has 166 valence electrons. The number of benzene rings is 2. The van der Waals surface area contributed by atoms with Gasteiger partial charge in [0.05, 0.1) is 14.2 Å². The van der Waals surface area contributed by atoms with E-state index in [1.54, 1.807) is 37.3 Å². The highest BCUT2D eigenvalue weighted by Crippen LogP contribution is 2.28. The minimum absolute atomic E-state index is 0.0205. The fourth-order valence-corrected chi connectivity index (χ4v) is 3.60. The smallest absolute Gasteiger partial charge is 0.258 e. The maximum atomic E-state index is 12.8. The lowest BCUT2D eigenvalue weighted by Gasteiger charge is -2.32. The molecule has 0 saturated carbocycles. The Hall–Kier alpha value is -3.22. The van der Waals surface area contributed by atoms with E-state index in [9.17, 15) is 9.59 Å². The number of carbonyl (C=O) groups is 2. The topological polar surface area (TPSA) is 77.1 Å². The van der Waals surface area contributed by atoms with Crippen LogP contribution in [0.3, 0.4) is 0 Å². The van der Waals surface area contributed by atoms with Gasteiger partial charge in [0.15, 0.2) is 18.1 Å². The zero-order chi connectivity index (χ0) is 22.4. The third-order valence-electron chi connectivity index (χ3n) is 5.63. The number of methoxy groups -OCH3 is 2. The van der Waals surface area contributed by atoms with Crippen LogP contribution in [0.2, 0.25) is 0 Å². The molecule has 1 saturated heterocycles. The number of nitrogens with one attached hydrogen (secondary N) is 1. The van der Waals surface area contributed by atoms with Crippen LogP contribution >= 0.6 is 0 Å². The number of carbonyl (C=O) groups excluding carboxylic acids is 2.